The van der Waals surface area contributed by atoms with Gasteiger partial charge in [-0.25, -0.2) is 22.7 Å². The summed E-state index contributed by atoms with van der Waals surface area (Å²) in [6, 6.07) is 21.2. The quantitative estimate of drug-likeness (QED) is 0.421. The lowest BCUT2D eigenvalue weighted by Crippen LogP contribution is -2.34. The number of rotatable bonds is 6. The van der Waals surface area contributed by atoms with Crippen molar-refractivity contribution in [3.63, 3.8) is 0 Å². The second-order valence-corrected chi connectivity index (χ2v) is 9.25. The molecule has 33 heavy (non-hydrogen) atoms. The number of aromatic nitrogens is 2. The number of nitrogens with zero attached hydrogens (tertiary/aromatic N) is 4. The van der Waals surface area contributed by atoms with Crippen molar-refractivity contribution >= 4 is 38.4 Å². The summed E-state index contributed by atoms with van der Waals surface area (Å²) in [6.45, 7) is 2.43. The predicted octanol–water partition coefficient (Wildman–Crippen LogP) is 4.34. The van der Waals surface area contributed by atoms with Gasteiger partial charge in [0.15, 0.2) is 11.6 Å². The molecule has 0 N–H and O–H groups in total. The molecule has 0 amide bonds. The van der Waals surface area contributed by atoms with Crippen molar-refractivity contribution < 1.29 is 17.9 Å². The van der Waals surface area contributed by atoms with Gasteiger partial charge in [-0.05, 0) is 67.6 Å². The first-order chi connectivity index (χ1) is 16.0. The van der Waals surface area contributed by atoms with Gasteiger partial charge in [-0.15, -0.1) is 0 Å². The van der Waals surface area contributed by atoms with E-state index in [2.05, 4.69) is 4.98 Å². The van der Waals surface area contributed by atoms with Crippen molar-refractivity contribution in [3.8, 4) is 11.5 Å². The van der Waals surface area contributed by atoms with Crippen molar-refractivity contribution in [2.24, 2.45) is 0 Å². The molecule has 0 fully saturated rings. The maximum atomic E-state index is 13.7. The highest BCUT2D eigenvalue weighted by molar-refractivity contribution is 7.92. The standard InChI is InChI=1S/C24H22N4O4S/c1-3-32-19-12-14-20(15-13-19)33(29,30)28-16-27(17-8-10-18(31-2)11-9-17)23-24(28)26-22-7-5-4-6-21(22)25-23/h4-15H,3,16H2,1-2H3. The van der Waals surface area contributed by atoms with E-state index in [0.29, 0.717) is 40.8 Å². The zero-order valence-electron chi connectivity index (χ0n) is 18.2. The van der Waals surface area contributed by atoms with Crippen LogP contribution in [0.4, 0.5) is 17.3 Å². The third-order valence-electron chi connectivity index (χ3n) is 5.40. The molecule has 0 atom stereocenters. The molecule has 1 aromatic heterocycles. The zero-order chi connectivity index (χ0) is 23.0. The summed E-state index contributed by atoms with van der Waals surface area (Å²) >= 11 is 0. The Morgan fingerprint density at radius 1 is 0.848 bits per heavy atom. The summed E-state index contributed by atoms with van der Waals surface area (Å²) in [5, 5.41) is 0. The molecule has 3 aromatic carbocycles. The number of hydrogen-bond acceptors (Lipinski definition) is 7. The lowest BCUT2D eigenvalue weighted by Gasteiger charge is -2.21. The summed E-state index contributed by atoms with van der Waals surface area (Å²) in [6.07, 6.45) is 0. The number of benzene rings is 3. The molecule has 1 aliphatic rings. The fourth-order valence-electron chi connectivity index (χ4n) is 3.75. The predicted molar refractivity (Wildman–Crippen MR) is 127 cm³/mol. The molecule has 4 aromatic rings. The third-order valence-corrected chi connectivity index (χ3v) is 7.14. The second kappa shape index (κ2) is 8.25. The Bertz CT molecular complexity index is 1410. The van der Waals surface area contributed by atoms with Gasteiger partial charge in [0.05, 0.1) is 29.6 Å². The van der Waals surface area contributed by atoms with Crippen molar-refractivity contribution in [3.05, 3.63) is 72.8 Å². The normalized spacial score (nSPS) is 13.3. The molecule has 9 heteroatoms. The van der Waals surface area contributed by atoms with Crippen LogP contribution in [-0.4, -0.2) is 38.8 Å². The topological polar surface area (TPSA) is 84.9 Å². The van der Waals surface area contributed by atoms with Crippen molar-refractivity contribution in [2.75, 3.05) is 29.6 Å². The summed E-state index contributed by atoms with van der Waals surface area (Å²) in [5.74, 6) is 2.09. The number of para-hydroxylation sites is 2. The van der Waals surface area contributed by atoms with Gasteiger partial charge in [-0.1, -0.05) is 12.1 Å². The van der Waals surface area contributed by atoms with Crippen molar-refractivity contribution in [1.29, 1.82) is 0 Å². The molecule has 5 rings (SSSR count). The van der Waals surface area contributed by atoms with Crippen LogP contribution in [0.3, 0.4) is 0 Å². The molecule has 0 unspecified atom stereocenters. The number of hydrogen-bond donors (Lipinski definition) is 0. The van der Waals surface area contributed by atoms with E-state index in [-0.39, 0.29) is 11.6 Å². The molecule has 1 aliphatic heterocycles. The average molecular weight is 463 g/mol. The summed E-state index contributed by atoms with van der Waals surface area (Å²) < 4.78 is 39.3. The minimum Gasteiger partial charge on any atom is -0.497 e. The van der Waals surface area contributed by atoms with E-state index in [9.17, 15) is 8.42 Å². The highest BCUT2D eigenvalue weighted by Crippen LogP contribution is 2.41. The number of ether oxygens (including phenoxy) is 2. The number of anilines is 3. The average Bonchev–Trinajstić information content (AvgIpc) is 3.22. The Balaban J connectivity index is 1.62. The monoisotopic (exact) mass is 462 g/mol. The molecule has 0 bridgehead atoms. The fourth-order valence-corrected chi connectivity index (χ4v) is 5.10. The van der Waals surface area contributed by atoms with Crippen LogP contribution in [0.5, 0.6) is 11.5 Å². The van der Waals surface area contributed by atoms with Crippen LogP contribution in [0, 0.1) is 0 Å². The van der Waals surface area contributed by atoms with Crippen LogP contribution in [0.25, 0.3) is 11.0 Å². The summed E-state index contributed by atoms with van der Waals surface area (Å²) in [4.78, 5) is 11.4. The van der Waals surface area contributed by atoms with Crippen LogP contribution in [-0.2, 0) is 10.0 Å². The summed E-state index contributed by atoms with van der Waals surface area (Å²) in [5.41, 5.74) is 2.10. The summed E-state index contributed by atoms with van der Waals surface area (Å²) in [7, 11) is -2.30. The van der Waals surface area contributed by atoms with Crippen LogP contribution in [0.15, 0.2) is 77.7 Å². The van der Waals surface area contributed by atoms with Gasteiger partial charge in [-0.3, -0.25) is 0 Å². The number of sulfonamides is 1. The first kappa shape index (κ1) is 21.0. The molecule has 168 valence electrons. The molecule has 8 nitrogen and oxygen atoms in total. The van der Waals surface area contributed by atoms with Gasteiger partial charge in [0, 0.05) is 5.69 Å². The maximum Gasteiger partial charge on any atom is 0.267 e. The molecular weight excluding hydrogens is 440 g/mol. The molecule has 0 saturated carbocycles. The van der Waals surface area contributed by atoms with Crippen LogP contribution >= 0.6 is 0 Å². The van der Waals surface area contributed by atoms with E-state index < -0.39 is 10.0 Å². The SMILES string of the molecule is CCOc1ccc(S(=O)(=O)N2CN(c3ccc(OC)cc3)c3nc4ccccc4nc32)cc1. The van der Waals surface area contributed by atoms with Gasteiger partial charge < -0.3 is 14.4 Å². The number of fused-ring (bicyclic) bond motifs is 2. The van der Waals surface area contributed by atoms with E-state index in [1.807, 2.05) is 60.4 Å². The molecule has 0 saturated heterocycles. The maximum absolute atomic E-state index is 13.7. The van der Waals surface area contributed by atoms with Crippen molar-refractivity contribution in [1.82, 2.24) is 9.97 Å². The first-order valence-electron chi connectivity index (χ1n) is 10.5. The molecule has 2 heterocycles. The lowest BCUT2D eigenvalue weighted by atomic mass is 10.2. The van der Waals surface area contributed by atoms with E-state index in [4.69, 9.17) is 14.5 Å². The van der Waals surface area contributed by atoms with Gasteiger partial charge in [0.2, 0.25) is 0 Å². The molecule has 0 radical (unpaired) electrons. The van der Waals surface area contributed by atoms with E-state index >= 15 is 0 Å². The van der Waals surface area contributed by atoms with Crippen molar-refractivity contribution in [2.45, 2.75) is 11.8 Å². The minimum absolute atomic E-state index is 0.0491. The lowest BCUT2D eigenvalue weighted by molar-refractivity contribution is 0.340. The highest BCUT2D eigenvalue weighted by Gasteiger charge is 2.38. The fraction of sp³-hybridized carbons (Fsp3) is 0.167. The third kappa shape index (κ3) is 3.70. The van der Waals surface area contributed by atoms with Crippen LogP contribution in [0.1, 0.15) is 6.92 Å². The Morgan fingerprint density at radius 2 is 1.45 bits per heavy atom. The Labute approximate surface area is 192 Å². The minimum atomic E-state index is -3.90. The molecule has 0 aliphatic carbocycles. The van der Waals surface area contributed by atoms with Crippen LogP contribution in [0.2, 0.25) is 0 Å². The van der Waals surface area contributed by atoms with Crippen LogP contribution < -0.4 is 18.7 Å². The first-order valence-corrected chi connectivity index (χ1v) is 11.9. The number of methoxy groups -OCH3 is 1. The Hall–Kier alpha value is -3.85. The van der Waals surface area contributed by atoms with Gasteiger partial charge in [0.25, 0.3) is 10.0 Å². The Kier molecular flexibility index (Phi) is 5.26. The van der Waals surface area contributed by atoms with Gasteiger partial charge >= 0.3 is 0 Å². The Morgan fingerprint density at radius 3 is 2.06 bits per heavy atom. The zero-order valence-corrected chi connectivity index (χ0v) is 19.0. The van der Waals surface area contributed by atoms with E-state index in [1.165, 1.54) is 4.31 Å². The van der Waals surface area contributed by atoms with E-state index in [1.54, 1.807) is 31.4 Å². The van der Waals surface area contributed by atoms with E-state index in [0.717, 1.165) is 5.69 Å². The smallest absolute Gasteiger partial charge is 0.267 e. The van der Waals surface area contributed by atoms with Gasteiger partial charge in [0.1, 0.15) is 18.2 Å². The van der Waals surface area contributed by atoms with Gasteiger partial charge in [-0.2, -0.15) is 0 Å². The molecule has 0 spiro atoms. The second-order valence-electron chi connectivity index (χ2n) is 7.38. The largest absolute Gasteiger partial charge is 0.497 e. The highest BCUT2D eigenvalue weighted by atomic mass is 32.2. The molecular formula is C24H22N4O4S.